The number of halogens is 2. The monoisotopic (exact) mass is 502 g/mol. The van der Waals surface area contributed by atoms with E-state index in [1.807, 2.05) is 4.90 Å². The van der Waals surface area contributed by atoms with Crippen molar-refractivity contribution in [3.05, 3.63) is 34.4 Å². The number of anilines is 1. The van der Waals surface area contributed by atoms with E-state index in [2.05, 4.69) is 20.0 Å². The van der Waals surface area contributed by atoms with Gasteiger partial charge >= 0.3 is 6.01 Å². The third-order valence-corrected chi connectivity index (χ3v) is 7.45. The van der Waals surface area contributed by atoms with Crippen LogP contribution in [0.25, 0.3) is 16.7 Å². The number of phenols is 1. The Morgan fingerprint density at radius 2 is 2.11 bits per heavy atom. The number of H-pyrrole nitrogens is 1. The highest BCUT2D eigenvalue weighted by Crippen LogP contribution is 2.40. The molecule has 2 aromatic heterocycles. The van der Waals surface area contributed by atoms with E-state index in [1.54, 1.807) is 0 Å². The van der Waals surface area contributed by atoms with Crippen molar-refractivity contribution >= 4 is 16.9 Å². The Morgan fingerprint density at radius 3 is 2.97 bits per heavy atom. The Labute approximate surface area is 205 Å². The largest absolute Gasteiger partial charge is 0.506 e. The Hall–Kier alpha value is -3.25. The molecule has 5 heterocycles. The SMILES string of the molecule is O=c1c2c(N3CCCOCC3)nc(OCC34CCCN3CC(F)C4)nc2[nH]n1-c1c(O)cccc1F. The number of nitrogens with one attached hydrogen (secondary N) is 1. The highest BCUT2D eigenvalue weighted by Gasteiger charge is 2.49. The van der Waals surface area contributed by atoms with Crippen molar-refractivity contribution in [1.29, 1.82) is 0 Å². The number of aromatic nitrogens is 4. The van der Waals surface area contributed by atoms with Crippen LogP contribution in [-0.2, 0) is 4.74 Å². The Bertz CT molecular complexity index is 1320. The summed E-state index contributed by atoms with van der Waals surface area (Å²) in [5.74, 6) is -0.799. The number of aromatic amines is 1. The fourth-order valence-corrected chi connectivity index (χ4v) is 5.76. The third-order valence-electron chi connectivity index (χ3n) is 7.45. The van der Waals surface area contributed by atoms with Gasteiger partial charge in [0, 0.05) is 32.7 Å². The van der Waals surface area contributed by atoms with Crippen LogP contribution >= 0.6 is 0 Å². The van der Waals surface area contributed by atoms with Crippen LogP contribution < -0.4 is 15.2 Å². The minimum absolute atomic E-state index is 0.0531. The molecule has 3 aliphatic rings. The lowest BCUT2D eigenvalue weighted by Crippen LogP contribution is -2.43. The number of hydrogen-bond donors (Lipinski definition) is 2. The molecule has 0 aliphatic carbocycles. The Morgan fingerprint density at radius 1 is 1.22 bits per heavy atom. The van der Waals surface area contributed by atoms with Gasteiger partial charge in [-0.2, -0.15) is 9.97 Å². The number of fused-ring (bicyclic) bond motifs is 2. The zero-order valence-electron chi connectivity index (χ0n) is 19.8. The first kappa shape index (κ1) is 23.2. The van der Waals surface area contributed by atoms with Crippen molar-refractivity contribution in [2.75, 3.05) is 50.9 Å². The van der Waals surface area contributed by atoms with Gasteiger partial charge in [0.2, 0.25) is 0 Å². The van der Waals surface area contributed by atoms with Crippen molar-refractivity contribution in [3.63, 3.8) is 0 Å². The molecular formula is C24H28F2N6O4. The van der Waals surface area contributed by atoms with Gasteiger partial charge in [-0.05, 0) is 37.9 Å². The Balaban J connectivity index is 1.43. The molecule has 12 heteroatoms. The van der Waals surface area contributed by atoms with Gasteiger partial charge in [0.25, 0.3) is 5.56 Å². The molecule has 0 amide bonds. The van der Waals surface area contributed by atoms with E-state index in [1.165, 1.54) is 12.1 Å². The Kier molecular flexibility index (Phi) is 5.79. The van der Waals surface area contributed by atoms with E-state index in [-0.39, 0.29) is 40.6 Å². The number of alkyl halides is 1. The minimum atomic E-state index is -0.885. The van der Waals surface area contributed by atoms with Crippen LogP contribution in [0.2, 0.25) is 0 Å². The lowest BCUT2D eigenvalue weighted by Gasteiger charge is -2.31. The maximum absolute atomic E-state index is 14.6. The standard InChI is InChI=1S/C24H28F2N6O4/c25-15-12-24(6-2-8-31(24)13-15)14-36-23-27-20-18(21(28-23)30-7-3-10-35-11-9-30)22(34)32(29-20)19-16(26)4-1-5-17(19)33/h1,4-5,15,33H,2-3,6-14H2,(H,27,28,29). The van der Waals surface area contributed by atoms with Gasteiger partial charge in [0.05, 0.1) is 12.1 Å². The summed E-state index contributed by atoms with van der Waals surface area (Å²) >= 11 is 0. The third kappa shape index (κ3) is 3.88. The summed E-state index contributed by atoms with van der Waals surface area (Å²) in [5.41, 5.74) is -1.11. The fraction of sp³-hybridized carbons (Fsp3) is 0.542. The van der Waals surface area contributed by atoms with Crippen LogP contribution in [-0.4, -0.2) is 87.5 Å². The number of para-hydroxylation sites is 1. The molecule has 2 N–H and O–H groups in total. The molecule has 192 valence electrons. The summed E-state index contributed by atoms with van der Waals surface area (Å²) in [6, 6.07) is 3.87. The number of phenolic OH excluding ortho intramolecular Hbond substituents is 1. The van der Waals surface area contributed by atoms with E-state index in [4.69, 9.17) is 9.47 Å². The van der Waals surface area contributed by atoms with Crippen LogP contribution in [0.1, 0.15) is 25.7 Å². The van der Waals surface area contributed by atoms with Crippen molar-refractivity contribution < 1.29 is 23.4 Å². The number of ether oxygens (including phenoxy) is 2. The van der Waals surface area contributed by atoms with Gasteiger partial charge in [-0.15, -0.1) is 0 Å². The smallest absolute Gasteiger partial charge is 0.320 e. The molecule has 0 bridgehead atoms. The molecule has 3 saturated heterocycles. The first-order chi connectivity index (χ1) is 17.4. The normalized spacial score (nSPS) is 24.8. The van der Waals surface area contributed by atoms with Crippen molar-refractivity contribution in [2.45, 2.75) is 37.4 Å². The average Bonchev–Trinajstić information content (AvgIpc) is 3.38. The second kappa shape index (κ2) is 9.00. The zero-order valence-corrected chi connectivity index (χ0v) is 19.8. The number of benzene rings is 1. The van der Waals surface area contributed by atoms with Crippen LogP contribution in [0, 0.1) is 5.82 Å². The molecule has 36 heavy (non-hydrogen) atoms. The second-order valence-corrected chi connectivity index (χ2v) is 9.73. The van der Waals surface area contributed by atoms with Crippen molar-refractivity contribution in [2.24, 2.45) is 0 Å². The molecule has 3 aliphatic heterocycles. The average molecular weight is 503 g/mol. The summed E-state index contributed by atoms with van der Waals surface area (Å²) in [4.78, 5) is 26.6. The second-order valence-electron chi connectivity index (χ2n) is 9.73. The van der Waals surface area contributed by atoms with E-state index in [0.29, 0.717) is 45.1 Å². The van der Waals surface area contributed by atoms with E-state index < -0.39 is 17.5 Å². The molecule has 0 radical (unpaired) electrons. The minimum Gasteiger partial charge on any atom is -0.506 e. The molecule has 2 unspecified atom stereocenters. The van der Waals surface area contributed by atoms with Gasteiger partial charge in [0.15, 0.2) is 17.3 Å². The van der Waals surface area contributed by atoms with Crippen LogP contribution in [0.15, 0.2) is 23.0 Å². The maximum Gasteiger partial charge on any atom is 0.320 e. The molecule has 0 spiro atoms. The first-order valence-corrected chi connectivity index (χ1v) is 12.3. The summed E-state index contributed by atoms with van der Waals surface area (Å²) in [5, 5.41) is 13.3. The van der Waals surface area contributed by atoms with Crippen molar-refractivity contribution in [1.82, 2.24) is 24.6 Å². The predicted molar refractivity (Wildman–Crippen MR) is 127 cm³/mol. The molecular weight excluding hydrogens is 474 g/mol. The van der Waals surface area contributed by atoms with Crippen molar-refractivity contribution in [3.8, 4) is 17.4 Å². The lowest BCUT2D eigenvalue weighted by molar-refractivity contribution is 0.107. The van der Waals surface area contributed by atoms with Gasteiger partial charge in [0.1, 0.15) is 29.6 Å². The molecule has 10 nitrogen and oxygen atoms in total. The highest BCUT2D eigenvalue weighted by atomic mass is 19.1. The van der Waals surface area contributed by atoms with Crippen LogP contribution in [0.5, 0.6) is 11.8 Å². The summed E-state index contributed by atoms with van der Waals surface area (Å²) in [6.45, 7) is 3.64. The van der Waals surface area contributed by atoms with Crippen LogP contribution in [0.4, 0.5) is 14.6 Å². The van der Waals surface area contributed by atoms with E-state index >= 15 is 0 Å². The zero-order chi connectivity index (χ0) is 24.9. The van der Waals surface area contributed by atoms with Gasteiger partial charge in [-0.3, -0.25) is 14.8 Å². The van der Waals surface area contributed by atoms with E-state index in [0.717, 1.165) is 36.6 Å². The molecule has 3 aromatic rings. The van der Waals surface area contributed by atoms with Gasteiger partial charge in [-0.25, -0.2) is 13.5 Å². The molecule has 3 fully saturated rings. The highest BCUT2D eigenvalue weighted by molar-refractivity contribution is 5.87. The summed E-state index contributed by atoms with van der Waals surface area (Å²) in [7, 11) is 0. The quantitative estimate of drug-likeness (QED) is 0.547. The number of rotatable bonds is 5. The van der Waals surface area contributed by atoms with E-state index in [9.17, 15) is 18.7 Å². The molecule has 0 saturated carbocycles. The first-order valence-electron chi connectivity index (χ1n) is 12.3. The van der Waals surface area contributed by atoms with Crippen LogP contribution in [0.3, 0.4) is 0 Å². The number of aromatic hydroxyl groups is 1. The topological polar surface area (TPSA) is 109 Å². The van der Waals surface area contributed by atoms with Gasteiger partial charge < -0.3 is 19.5 Å². The fourth-order valence-electron chi connectivity index (χ4n) is 5.76. The maximum atomic E-state index is 14.6. The molecule has 1 aromatic carbocycles. The summed E-state index contributed by atoms with van der Waals surface area (Å²) in [6.07, 6.45) is 2.09. The van der Waals surface area contributed by atoms with Gasteiger partial charge in [-0.1, -0.05) is 6.07 Å². The summed E-state index contributed by atoms with van der Waals surface area (Å²) < 4.78 is 41.4. The number of nitrogens with zero attached hydrogens (tertiary/aromatic N) is 5. The molecule has 2 atom stereocenters. The number of hydrogen-bond acceptors (Lipinski definition) is 8. The predicted octanol–water partition coefficient (Wildman–Crippen LogP) is 2.14. The molecule has 6 rings (SSSR count). The lowest BCUT2D eigenvalue weighted by atomic mass is 9.95.